The summed E-state index contributed by atoms with van der Waals surface area (Å²) in [5.74, 6) is 0.535. The molecule has 1 N–H and O–H groups in total. The monoisotopic (exact) mass is 293 g/mol. The molecule has 0 aliphatic carbocycles. The average Bonchev–Trinajstić information content (AvgIpc) is 3.04. The van der Waals surface area contributed by atoms with Crippen LogP contribution in [0.3, 0.4) is 0 Å². The fraction of sp³-hybridized carbons (Fsp3) is 0.615. The zero-order valence-electron chi connectivity index (χ0n) is 11.8. The van der Waals surface area contributed by atoms with Crippen LogP contribution in [0.1, 0.15) is 25.8 Å². The molecule has 3 heterocycles. The summed E-state index contributed by atoms with van der Waals surface area (Å²) in [6.45, 7) is 5.53. The van der Waals surface area contributed by atoms with Crippen LogP contribution in [0.4, 0.5) is 0 Å². The summed E-state index contributed by atoms with van der Waals surface area (Å²) in [5.41, 5.74) is 1.59. The molecule has 0 saturated carbocycles. The number of nitrogens with zero attached hydrogens (tertiary/aromatic N) is 4. The molecule has 0 aromatic carbocycles. The first kappa shape index (κ1) is 13.5. The van der Waals surface area contributed by atoms with E-state index in [0.717, 1.165) is 17.7 Å². The first-order valence-electron chi connectivity index (χ1n) is 6.92. The van der Waals surface area contributed by atoms with E-state index < -0.39 is 0 Å². The van der Waals surface area contributed by atoms with Crippen LogP contribution in [0, 0.1) is 4.77 Å². The van der Waals surface area contributed by atoms with Crippen LogP contribution in [0.2, 0.25) is 0 Å². The summed E-state index contributed by atoms with van der Waals surface area (Å²) < 4.78 is 7.99. The summed E-state index contributed by atoms with van der Waals surface area (Å²) in [5, 5.41) is 0. The number of imidazole rings is 1. The van der Waals surface area contributed by atoms with Crippen molar-refractivity contribution in [2.45, 2.75) is 25.8 Å². The quantitative estimate of drug-likeness (QED) is 0.875. The maximum atomic E-state index is 5.44. The van der Waals surface area contributed by atoms with E-state index >= 15 is 0 Å². The molecule has 1 aliphatic heterocycles. The molecule has 20 heavy (non-hydrogen) atoms. The van der Waals surface area contributed by atoms with E-state index in [0.29, 0.717) is 10.7 Å². The highest BCUT2D eigenvalue weighted by molar-refractivity contribution is 7.71. The second-order valence-electron chi connectivity index (χ2n) is 5.24. The molecule has 1 unspecified atom stereocenters. The van der Waals surface area contributed by atoms with Crippen LogP contribution in [0.5, 0.6) is 5.88 Å². The van der Waals surface area contributed by atoms with Crippen molar-refractivity contribution in [1.29, 1.82) is 0 Å². The maximum absolute atomic E-state index is 5.44. The number of methoxy groups -OCH3 is 1. The second kappa shape index (κ2) is 5.49. The number of likely N-dealkylation sites (tertiary alicyclic amines) is 1. The van der Waals surface area contributed by atoms with Gasteiger partial charge in [0, 0.05) is 12.6 Å². The predicted molar refractivity (Wildman–Crippen MR) is 79.6 cm³/mol. The summed E-state index contributed by atoms with van der Waals surface area (Å²) in [4.78, 5) is 14.1. The third-order valence-corrected chi connectivity index (χ3v) is 4.13. The fourth-order valence-corrected chi connectivity index (χ4v) is 3.27. The normalized spacial score (nSPS) is 17.7. The molecule has 108 valence electrons. The van der Waals surface area contributed by atoms with Crippen LogP contribution in [-0.4, -0.2) is 51.2 Å². The molecule has 1 atom stereocenters. The Labute approximate surface area is 122 Å². The van der Waals surface area contributed by atoms with Crippen molar-refractivity contribution in [1.82, 2.24) is 24.4 Å². The molecule has 7 heteroatoms. The summed E-state index contributed by atoms with van der Waals surface area (Å²) in [6.07, 6.45) is 4.10. The van der Waals surface area contributed by atoms with Gasteiger partial charge in [-0.25, -0.2) is 4.98 Å². The third-order valence-electron chi connectivity index (χ3n) is 3.83. The minimum absolute atomic E-state index is 0.272. The van der Waals surface area contributed by atoms with Gasteiger partial charge in [0.1, 0.15) is 11.8 Å². The van der Waals surface area contributed by atoms with Gasteiger partial charge in [0.05, 0.1) is 7.11 Å². The standard InChI is InChI=1S/C13H19N5OS/c1-9(7-17-5-3-4-6-17)18-11-10(16-13(18)20)12(19-2)15-8-14-11/h8-9H,3-7H2,1-2H3,(H,16,20). The van der Waals surface area contributed by atoms with Gasteiger partial charge in [0.2, 0.25) is 5.88 Å². The Balaban J connectivity index is 1.97. The molecule has 1 aliphatic rings. The van der Waals surface area contributed by atoms with Crippen molar-refractivity contribution in [3.63, 3.8) is 0 Å². The molecule has 0 amide bonds. The van der Waals surface area contributed by atoms with Gasteiger partial charge >= 0.3 is 0 Å². The summed E-state index contributed by atoms with van der Waals surface area (Å²) >= 11 is 5.44. The minimum atomic E-state index is 0.272. The highest BCUT2D eigenvalue weighted by atomic mass is 32.1. The van der Waals surface area contributed by atoms with Gasteiger partial charge in [-0.2, -0.15) is 4.98 Å². The summed E-state index contributed by atoms with van der Waals surface area (Å²) in [7, 11) is 1.60. The molecule has 0 radical (unpaired) electrons. The Morgan fingerprint density at radius 3 is 2.85 bits per heavy atom. The highest BCUT2D eigenvalue weighted by Crippen LogP contribution is 2.24. The maximum Gasteiger partial charge on any atom is 0.242 e. The highest BCUT2D eigenvalue weighted by Gasteiger charge is 2.19. The van der Waals surface area contributed by atoms with Crippen LogP contribution in [0.15, 0.2) is 6.33 Å². The van der Waals surface area contributed by atoms with Gasteiger partial charge in [-0.1, -0.05) is 0 Å². The number of fused-ring (bicyclic) bond motifs is 1. The Morgan fingerprint density at radius 2 is 2.15 bits per heavy atom. The van der Waals surface area contributed by atoms with Crippen molar-refractivity contribution in [3.8, 4) is 5.88 Å². The lowest BCUT2D eigenvalue weighted by Gasteiger charge is -2.21. The predicted octanol–water partition coefficient (Wildman–Crippen LogP) is 2.15. The van der Waals surface area contributed by atoms with E-state index in [1.54, 1.807) is 7.11 Å². The summed E-state index contributed by atoms with van der Waals surface area (Å²) in [6, 6.07) is 0.272. The van der Waals surface area contributed by atoms with Crippen molar-refractivity contribution < 1.29 is 4.74 Å². The number of aromatic nitrogens is 4. The minimum Gasteiger partial charge on any atom is -0.479 e. The second-order valence-corrected chi connectivity index (χ2v) is 5.63. The lowest BCUT2D eigenvalue weighted by molar-refractivity contribution is 0.289. The zero-order chi connectivity index (χ0) is 14.1. The van der Waals surface area contributed by atoms with Crippen LogP contribution >= 0.6 is 12.2 Å². The van der Waals surface area contributed by atoms with E-state index in [4.69, 9.17) is 17.0 Å². The number of rotatable bonds is 4. The van der Waals surface area contributed by atoms with E-state index in [9.17, 15) is 0 Å². The molecular weight excluding hydrogens is 274 g/mol. The number of hydrogen-bond acceptors (Lipinski definition) is 5. The largest absolute Gasteiger partial charge is 0.479 e. The smallest absolute Gasteiger partial charge is 0.242 e. The number of ether oxygens (including phenoxy) is 1. The van der Waals surface area contributed by atoms with E-state index in [1.165, 1.54) is 32.3 Å². The fourth-order valence-electron chi connectivity index (χ4n) is 2.90. The Morgan fingerprint density at radius 1 is 1.40 bits per heavy atom. The van der Waals surface area contributed by atoms with Gasteiger partial charge in [-0.3, -0.25) is 4.57 Å². The number of H-pyrrole nitrogens is 1. The topological polar surface area (TPSA) is 59.0 Å². The Bertz CT molecular complexity index is 658. The molecule has 2 aromatic heterocycles. The van der Waals surface area contributed by atoms with Gasteiger partial charge < -0.3 is 14.6 Å². The number of aromatic amines is 1. The third kappa shape index (κ3) is 2.31. The van der Waals surface area contributed by atoms with E-state index in [2.05, 4.69) is 31.3 Å². The molecule has 2 aromatic rings. The Hall–Kier alpha value is -1.47. The van der Waals surface area contributed by atoms with Crippen molar-refractivity contribution in [3.05, 3.63) is 11.1 Å². The number of nitrogens with one attached hydrogen (secondary N) is 1. The van der Waals surface area contributed by atoms with Crippen molar-refractivity contribution >= 4 is 23.4 Å². The molecule has 0 bridgehead atoms. The van der Waals surface area contributed by atoms with Gasteiger partial charge in [-0.05, 0) is 45.1 Å². The molecule has 3 rings (SSSR count). The lowest BCUT2D eigenvalue weighted by atomic mass is 10.3. The van der Waals surface area contributed by atoms with E-state index in [-0.39, 0.29) is 6.04 Å². The molecule has 0 spiro atoms. The zero-order valence-corrected chi connectivity index (χ0v) is 12.6. The van der Waals surface area contributed by atoms with Crippen LogP contribution < -0.4 is 4.74 Å². The molecular formula is C13H19N5OS. The first-order chi connectivity index (χ1) is 9.70. The molecule has 6 nitrogen and oxygen atoms in total. The Kier molecular flexibility index (Phi) is 3.71. The van der Waals surface area contributed by atoms with Crippen molar-refractivity contribution in [2.24, 2.45) is 0 Å². The SMILES string of the molecule is COc1ncnc2c1[nH]c(=S)n2C(C)CN1CCCC1. The van der Waals surface area contributed by atoms with E-state index in [1.807, 2.05) is 0 Å². The van der Waals surface area contributed by atoms with Gasteiger partial charge in [-0.15, -0.1) is 0 Å². The number of hydrogen-bond donors (Lipinski definition) is 1. The average molecular weight is 293 g/mol. The van der Waals surface area contributed by atoms with Crippen LogP contribution in [0.25, 0.3) is 11.2 Å². The first-order valence-corrected chi connectivity index (χ1v) is 7.33. The lowest BCUT2D eigenvalue weighted by Crippen LogP contribution is -2.27. The van der Waals surface area contributed by atoms with Crippen molar-refractivity contribution in [2.75, 3.05) is 26.7 Å². The molecule has 1 saturated heterocycles. The van der Waals surface area contributed by atoms with Gasteiger partial charge in [0.25, 0.3) is 0 Å². The van der Waals surface area contributed by atoms with Crippen LogP contribution in [-0.2, 0) is 0 Å². The molecule has 1 fully saturated rings. The van der Waals surface area contributed by atoms with Gasteiger partial charge in [0.15, 0.2) is 10.4 Å².